The van der Waals surface area contributed by atoms with Crippen molar-refractivity contribution in [3.63, 3.8) is 0 Å². The maximum Gasteiger partial charge on any atom is 0.269 e. The minimum absolute atomic E-state index is 0.140. The Morgan fingerprint density at radius 3 is 3.10 bits per heavy atom. The smallest absolute Gasteiger partial charge is 0.269 e. The number of likely N-dealkylation sites (tertiary alicyclic amines) is 1. The number of nitrogens with zero attached hydrogens (tertiary/aromatic N) is 4. The molecule has 0 aliphatic carbocycles. The summed E-state index contributed by atoms with van der Waals surface area (Å²) in [6, 6.07) is 7.04. The Balaban J connectivity index is 1.78. The zero-order chi connectivity index (χ0) is 14.7. The molecule has 7 heteroatoms. The topological polar surface area (TPSA) is 87.9 Å². The van der Waals surface area contributed by atoms with Gasteiger partial charge >= 0.3 is 0 Å². The lowest BCUT2D eigenvalue weighted by Gasteiger charge is -2.34. The second-order valence-corrected chi connectivity index (χ2v) is 5.28. The molecule has 3 rings (SSSR count). The van der Waals surface area contributed by atoms with Crippen molar-refractivity contribution in [3.8, 4) is 0 Å². The van der Waals surface area contributed by atoms with Crippen LogP contribution in [0.4, 0.5) is 5.69 Å². The maximum atomic E-state index is 10.9. The zero-order valence-corrected chi connectivity index (χ0v) is 11.6. The maximum absolute atomic E-state index is 10.9. The highest BCUT2D eigenvalue weighted by atomic mass is 16.6. The van der Waals surface area contributed by atoms with Gasteiger partial charge < -0.3 is 0 Å². The van der Waals surface area contributed by atoms with Crippen LogP contribution in [0, 0.1) is 10.1 Å². The minimum Gasteiger partial charge on any atom is -0.289 e. The molecule has 0 radical (unpaired) electrons. The third-order valence-corrected chi connectivity index (χ3v) is 3.87. The van der Waals surface area contributed by atoms with Crippen LogP contribution in [0.1, 0.15) is 36.7 Å². The lowest BCUT2D eigenvalue weighted by atomic mass is 10.0. The molecule has 0 amide bonds. The number of H-pyrrole nitrogens is 1. The lowest BCUT2D eigenvalue weighted by molar-refractivity contribution is -0.384. The van der Waals surface area contributed by atoms with Gasteiger partial charge in [-0.25, -0.2) is 4.98 Å². The molecule has 0 saturated carbocycles. The second kappa shape index (κ2) is 6.01. The van der Waals surface area contributed by atoms with Crippen molar-refractivity contribution < 1.29 is 4.92 Å². The van der Waals surface area contributed by atoms with E-state index in [2.05, 4.69) is 20.1 Å². The average Bonchev–Trinajstić information content (AvgIpc) is 3.02. The number of rotatable bonds is 4. The fourth-order valence-electron chi connectivity index (χ4n) is 2.87. The first-order chi connectivity index (χ1) is 10.2. The molecule has 1 fully saturated rings. The monoisotopic (exact) mass is 287 g/mol. The van der Waals surface area contributed by atoms with Gasteiger partial charge in [-0.1, -0.05) is 18.6 Å². The number of hydrogen-bond acceptors (Lipinski definition) is 5. The summed E-state index contributed by atoms with van der Waals surface area (Å²) in [5, 5.41) is 17.7. The van der Waals surface area contributed by atoms with Crippen LogP contribution in [-0.4, -0.2) is 31.5 Å². The fraction of sp³-hybridized carbons (Fsp3) is 0.429. The van der Waals surface area contributed by atoms with Crippen molar-refractivity contribution in [2.45, 2.75) is 31.8 Å². The Kier molecular flexibility index (Phi) is 3.92. The Hall–Kier alpha value is -2.28. The van der Waals surface area contributed by atoms with E-state index in [1.54, 1.807) is 12.1 Å². The Morgan fingerprint density at radius 2 is 2.33 bits per heavy atom. The zero-order valence-electron chi connectivity index (χ0n) is 11.6. The van der Waals surface area contributed by atoms with E-state index >= 15 is 0 Å². The molecule has 2 heterocycles. The molecule has 110 valence electrons. The molecule has 2 aromatic rings. The molecule has 1 aromatic heterocycles. The average molecular weight is 287 g/mol. The molecular weight excluding hydrogens is 270 g/mol. The van der Waals surface area contributed by atoms with Gasteiger partial charge in [-0.2, -0.15) is 5.10 Å². The number of aromatic nitrogens is 3. The molecule has 1 aromatic carbocycles. The Morgan fingerprint density at radius 1 is 1.43 bits per heavy atom. The molecule has 7 nitrogen and oxygen atoms in total. The minimum atomic E-state index is -0.354. The first kappa shape index (κ1) is 13.7. The summed E-state index contributed by atoms with van der Waals surface area (Å²) < 4.78 is 0. The normalized spacial score (nSPS) is 19.5. The second-order valence-electron chi connectivity index (χ2n) is 5.28. The van der Waals surface area contributed by atoms with Crippen LogP contribution in [-0.2, 0) is 6.54 Å². The number of nitro groups is 1. The Bertz CT molecular complexity index is 614. The predicted octanol–water partition coefficient (Wildman–Crippen LogP) is 2.44. The molecular formula is C14H17N5O2. The van der Waals surface area contributed by atoms with E-state index in [4.69, 9.17) is 0 Å². The van der Waals surface area contributed by atoms with E-state index in [1.165, 1.54) is 12.4 Å². The summed E-state index contributed by atoms with van der Waals surface area (Å²) in [6.07, 6.45) is 4.86. The highest BCUT2D eigenvalue weighted by Gasteiger charge is 2.26. The SMILES string of the molecule is O=[N+]([O-])c1cccc(CN2CCCC[C@H]2c2ncn[nH]2)c1. The third-order valence-electron chi connectivity index (χ3n) is 3.87. The molecule has 1 atom stereocenters. The molecule has 1 aliphatic heterocycles. The van der Waals surface area contributed by atoms with E-state index in [0.29, 0.717) is 6.54 Å². The van der Waals surface area contributed by atoms with Gasteiger partial charge in [0.15, 0.2) is 0 Å². The van der Waals surface area contributed by atoms with Crippen molar-refractivity contribution in [2.75, 3.05) is 6.54 Å². The lowest BCUT2D eigenvalue weighted by Crippen LogP contribution is -2.33. The molecule has 0 bridgehead atoms. The highest BCUT2D eigenvalue weighted by Crippen LogP contribution is 2.30. The summed E-state index contributed by atoms with van der Waals surface area (Å²) in [7, 11) is 0. The molecule has 0 spiro atoms. The molecule has 1 saturated heterocycles. The third kappa shape index (κ3) is 3.08. The first-order valence-electron chi connectivity index (χ1n) is 7.06. The van der Waals surface area contributed by atoms with Crippen LogP contribution in [0.2, 0.25) is 0 Å². The van der Waals surface area contributed by atoms with Gasteiger partial charge in [0.25, 0.3) is 5.69 Å². The van der Waals surface area contributed by atoms with E-state index < -0.39 is 0 Å². The molecule has 0 unspecified atom stereocenters. The van der Waals surface area contributed by atoms with Gasteiger partial charge in [0.1, 0.15) is 12.2 Å². The van der Waals surface area contributed by atoms with E-state index in [1.807, 2.05) is 6.07 Å². The molecule has 1 N–H and O–H groups in total. The van der Waals surface area contributed by atoms with Gasteiger partial charge in [0, 0.05) is 18.7 Å². The largest absolute Gasteiger partial charge is 0.289 e. The molecule has 21 heavy (non-hydrogen) atoms. The van der Waals surface area contributed by atoms with Crippen LogP contribution in [0.5, 0.6) is 0 Å². The van der Waals surface area contributed by atoms with Gasteiger partial charge in [-0.05, 0) is 24.9 Å². The predicted molar refractivity (Wildman–Crippen MR) is 76.5 cm³/mol. The van der Waals surface area contributed by atoms with Gasteiger partial charge in [-0.3, -0.25) is 20.1 Å². The summed E-state index contributed by atoms with van der Waals surface area (Å²) in [5.41, 5.74) is 1.09. The van der Waals surface area contributed by atoms with Crippen molar-refractivity contribution in [2.24, 2.45) is 0 Å². The van der Waals surface area contributed by atoms with Crippen LogP contribution < -0.4 is 0 Å². The molecule has 1 aliphatic rings. The van der Waals surface area contributed by atoms with Crippen molar-refractivity contribution in [3.05, 3.63) is 52.1 Å². The number of benzene rings is 1. The standard InChI is InChI=1S/C14H17N5O2/c20-19(21)12-5-3-4-11(8-12)9-18-7-2-1-6-13(18)14-15-10-16-17-14/h3-5,8,10,13H,1-2,6-7,9H2,(H,15,16,17)/t13-/m0/s1. The van der Waals surface area contributed by atoms with E-state index in [9.17, 15) is 10.1 Å². The van der Waals surface area contributed by atoms with Crippen molar-refractivity contribution in [1.29, 1.82) is 0 Å². The summed E-state index contributed by atoms with van der Waals surface area (Å²) in [6.45, 7) is 1.65. The highest BCUT2D eigenvalue weighted by molar-refractivity contribution is 5.34. The van der Waals surface area contributed by atoms with Gasteiger partial charge in [0.2, 0.25) is 0 Å². The fourth-order valence-corrected chi connectivity index (χ4v) is 2.87. The number of aromatic amines is 1. The number of non-ortho nitro benzene ring substituents is 1. The van der Waals surface area contributed by atoms with E-state index in [-0.39, 0.29) is 16.7 Å². The quantitative estimate of drug-likeness (QED) is 0.689. The number of nitrogens with one attached hydrogen (secondary N) is 1. The van der Waals surface area contributed by atoms with Crippen LogP contribution in [0.3, 0.4) is 0 Å². The Labute approximate surface area is 122 Å². The van der Waals surface area contributed by atoms with Crippen LogP contribution in [0.15, 0.2) is 30.6 Å². The van der Waals surface area contributed by atoms with Gasteiger partial charge in [-0.15, -0.1) is 0 Å². The summed E-state index contributed by atoms with van der Waals surface area (Å²) >= 11 is 0. The number of hydrogen-bond donors (Lipinski definition) is 1. The van der Waals surface area contributed by atoms with Crippen LogP contribution in [0.25, 0.3) is 0 Å². The van der Waals surface area contributed by atoms with Crippen molar-refractivity contribution >= 4 is 5.69 Å². The van der Waals surface area contributed by atoms with Crippen LogP contribution >= 0.6 is 0 Å². The van der Waals surface area contributed by atoms with E-state index in [0.717, 1.165) is 37.2 Å². The first-order valence-corrected chi connectivity index (χ1v) is 7.06. The summed E-state index contributed by atoms with van der Waals surface area (Å²) in [4.78, 5) is 17.1. The van der Waals surface area contributed by atoms with Gasteiger partial charge in [0.05, 0.1) is 11.0 Å². The number of nitro benzene ring substituents is 1. The number of piperidine rings is 1. The summed E-state index contributed by atoms with van der Waals surface area (Å²) in [5.74, 6) is 0.875. The van der Waals surface area contributed by atoms with Crippen molar-refractivity contribution in [1.82, 2.24) is 20.1 Å².